The summed E-state index contributed by atoms with van der Waals surface area (Å²) in [6, 6.07) is 4.85. The Bertz CT molecular complexity index is 632. The molecule has 8 heteroatoms. The number of benzene rings is 1. The lowest BCUT2D eigenvalue weighted by atomic mass is 10.2. The Morgan fingerprint density at radius 1 is 1.29 bits per heavy atom. The summed E-state index contributed by atoms with van der Waals surface area (Å²) in [5.41, 5.74) is 0.103. The van der Waals surface area contributed by atoms with E-state index in [9.17, 15) is 13.2 Å². The van der Waals surface area contributed by atoms with Gasteiger partial charge in [-0.1, -0.05) is 22.3 Å². The van der Waals surface area contributed by atoms with E-state index in [1.54, 1.807) is 0 Å². The molecule has 0 saturated carbocycles. The van der Waals surface area contributed by atoms with Crippen LogP contribution in [0.15, 0.2) is 36.7 Å². The first-order valence-electron chi connectivity index (χ1n) is 5.97. The molecule has 3 nitrogen and oxygen atoms in total. The van der Waals surface area contributed by atoms with Crippen LogP contribution in [0.1, 0.15) is 5.56 Å². The van der Waals surface area contributed by atoms with Crippen molar-refractivity contribution in [1.82, 2.24) is 5.10 Å². The van der Waals surface area contributed by atoms with Crippen LogP contribution in [0.2, 0.25) is 5.02 Å². The van der Waals surface area contributed by atoms with Gasteiger partial charge in [-0.05, 0) is 6.07 Å². The molecule has 0 amide bonds. The first kappa shape index (κ1) is 15.9. The summed E-state index contributed by atoms with van der Waals surface area (Å²) in [4.78, 5) is 0. The lowest BCUT2D eigenvalue weighted by molar-refractivity contribution is -0.659. The monoisotopic (exact) mass is 336 g/mol. The average Bonchev–Trinajstić information content (AvgIpc) is 2.45. The first-order chi connectivity index (χ1) is 9.91. The van der Waals surface area contributed by atoms with Crippen molar-refractivity contribution in [2.24, 2.45) is 0 Å². The van der Waals surface area contributed by atoms with Gasteiger partial charge in [-0.25, -0.2) is 0 Å². The molecule has 0 aliphatic rings. The van der Waals surface area contributed by atoms with Crippen LogP contribution >= 0.6 is 23.2 Å². The molecule has 2 rings (SSSR count). The van der Waals surface area contributed by atoms with Gasteiger partial charge >= 0.3 is 6.18 Å². The van der Waals surface area contributed by atoms with Gasteiger partial charge in [-0.15, -0.1) is 11.6 Å². The fraction of sp³-hybridized carbons (Fsp3) is 0.231. The lowest BCUT2D eigenvalue weighted by Gasteiger charge is -2.06. The smallest absolute Gasteiger partial charge is 0.381 e. The fourth-order valence-electron chi connectivity index (χ4n) is 1.67. The van der Waals surface area contributed by atoms with E-state index in [0.717, 1.165) is 12.1 Å². The van der Waals surface area contributed by atoms with Gasteiger partial charge in [0.2, 0.25) is 11.9 Å². The van der Waals surface area contributed by atoms with Crippen molar-refractivity contribution in [3.05, 3.63) is 47.2 Å². The van der Waals surface area contributed by atoms with Crippen LogP contribution in [0, 0.1) is 0 Å². The second kappa shape index (κ2) is 6.49. The van der Waals surface area contributed by atoms with Crippen molar-refractivity contribution in [2.45, 2.75) is 6.18 Å². The Hall–Kier alpha value is -1.53. The maximum absolute atomic E-state index is 12.7. The van der Waals surface area contributed by atoms with E-state index < -0.39 is 11.7 Å². The minimum absolute atomic E-state index is 0.274. The second-order valence-electron chi connectivity index (χ2n) is 4.14. The number of hydrogen-bond donors (Lipinski definition) is 1. The highest BCUT2D eigenvalue weighted by Gasteiger charge is 2.31. The minimum atomic E-state index is -4.40. The maximum atomic E-state index is 12.7. The van der Waals surface area contributed by atoms with Gasteiger partial charge in [-0.2, -0.15) is 13.2 Å². The van der Waals surface area contributed by atoms with Gasteiger partial charge in [0.05, 0.1) is 11.3 Å². The van der Waals surface area contributed by atoms with Crippen molar-refractivity contribution in [2.75, 3.05) is 17.7 Å². The third kappa shape index (κ3) is 3.98. The third-order valence-corrected chi connectivity index (χ3v) is 3.14. The van der Waals surface area contributed by atoms with Gasteiger partial charge in [0.25, 0.3) is 0 Å². The quantitative estimate of drug-likeness (QED) is 0.681. The summed E-state index contributed by atoms with van der Waals surface area (Å²) in [5, 5.41) is 7.34. The average molecular weight is 337 g/mol. The highest BCUT2D eigenvalue weighted by atomic mass is 35.5. The molecule has 0 unspecified atom stereocenters. The predicted octanol–water partition coefficient (Wildman–Crippen LogP) is 3.68. The van der Waals surface area contributed by atoms with Crippen molar-refractivity contribution in [1.29, 1.82) is 0 Å². The highest BCUT2D eigenvalue weighted by Crippen LogP contribution is 2.29. The normalized spacial score (nSPS) is 11.5. The van der Waals surface area contributed by atoms with E-state index >= 15 is 0 Å². The summed E-state index contributed by atoms with van der Waals surface area (Å²) in [7, 11) is 0. The summed E-state index contributed by atoms with van der Waals surface area (Å²) < 4.78 is 39.3. The van der Waals surface area contributed by atoms with Crippen molar-refractivity contribution in [3.8, 4) is 5.69 Å². The summed E-state index contributed by atoms with van der Waals surface area (Å²) in [6.07, 6.45) is -1.52. The Balaban J connectivity index is 2.32. The van der Waals surface area contributed by atoms with Crippen molar-refractivity contribution >= 4 is 28.9 Å². The van der Waals surface area contributed by atoms with Gasteiger partial charge < -0.3 is 5.32 Å². The van der Waals surface area contributed by atoms with Crippen LogP contribution < -0.4 is 10.00 Å². The molecule has 0 aliphatic carbocycles. The molecule has 0 radical (unpaired) electrons. The second-order valence-corrected chi connectivity index (χ2v) is 4.93. The molecule has 1 N–H and O–H groups in total. The molecule has 2 aromatic rings. The molecule has 0 saturated heterocycles. The minimum Gasteiger partial charge on any atom is -0.381 e. The topological polar surface area (TPSA) is 28.8 Å². The molecule has 0 fully saturated rings. The Morgan fingerprint density at radius 2 is 2.05 bits per heavy atom. The number of alkyl halides is 4. The zero-order chi connectivity index (χ0) is 15.5. The number of hydrogen-bond acceptors (Lipinski definition) is 2. The van der Waals surface area contributed by atoms with E-state index in [-0.39, 0.29) is 5.69 Å². The van der Waals surface area contributed by atoms with Crippen LogP contribution in [0.25, 0.3) is 5.69 Å². The molecule has 0 bridgehead atoms. The maximum Gasteiger partial charge on any atom is 0.416 e. The number of anilines is 1. The van der Waals surface area contributed by atoms with Crippen LogP contribution in [0.3, 0.4) is 0 Å². The zero-order valence-electron chi connectivity index (χ0n) is 10.7. The molecule has 1 aromatic heterocycles. The van der Waals surface area contributed by atoms with Crippen LogP contribution in [-0.2, 0) is 6.18 Å². The molecular formula is C13H11Cl2F3N3+. The molecule has 1 aromatic carbocycles. The predicted molar refractivity (Wildman–Crippen MR) is 75.0 cm³/mol. The highest BCUT2D eigenvalue weighted by molar-refractivity contribution is 6.32. The van der Waals surface area contributed by atoms with E-state index in [1.807, 2.05) is 0 Å². The van der Waals surface area contributed by atoms with Gasteiger partial charge in [0.15, 0.2) is 0 Å². The van der Waals surface area contributed by atoms with E-state index in [1.165, 1.54) is 29.2 Å². The van der Waals surface area contributed by atoms with Gasteiger partial charge in [-0.3, -0.25) is 0 Å². The van der Waals surface area contributed by atoms with Gasteiger partial charge in [0, 0.05) is 29.7 Å². The van der Waals surface area contributed by atoms with E-state index in [2.05, 4.69) is 10.4 Å². The molecule has 0 atom stereocenters. The molecule has 112 valence electrons. The van der Waals surface area contributed by atoms with Crippen LogP contribution in [0.4, 0.5) is 18.9 Å². The molecule has 0 aliphatic heterocycles. The number of halogens is 5. The Kier molecular flexibility index (Phi) is 4.90. The summed E-state index contributed by atoms with van der Waals surface area (Å²) in [5.74, 6) is 0.402. The SMILES string of the molecule is FC(F)(F)c1cccc(-[n+]2cc(Cl)c(NCCCl)cn2)c1. The molecule has 21 heavy (non-hydrogen) atoms. The third-order valence-electron chi connectivity index (χ3n) is 2.65. The summed E-state index contributed by atoms with van der Waals surface area (Å²) >= 11 is 11.6. The number of nitrogens with zero attached hydrogens (tertiary/aromatic N) is 2. The summed E-state index contributed by atoms with van der Waals surface area (Å²) in [6.45, 7) is 0.510. The largest absolute Gasteiger partial charge is 0.416 e. The van der Waals surface area contributed by atoms with Crippen molar-refractivity contribution < 1.29 is 17.9 Å². The molecule has 0 spiro atoms. The number of rotatable bonds is 4. The molecular weight excluding hydrogens is 326 g/mol. The lowest BCUT2D eigenvalue weighted by Crippen LogP contribution is -2.35. The standard InChI is InChI=1S/C13H10Cl2F3N3/c14-4-5-19-12-7-20-21(8-11(12)15)10-3-1-2-9(6-10)13(16,17)18/h1-3,6-8H,4-5H2/p+1. The Morgan fingerprint density at radius 3 is 2.67 bits per heavy atom. The fourth-order valence-corrected chi connectivity index (χ4v) is 1.97. The Labute approximate surface area is 129 Å². The van der Waals surface area contributed by atoms with E-state index in [0.29, 0.717) is 23.1 Å². The molecule has 1 heterocycles. The number of aromatic nitrogens is 2. The van der Waals surface area contributed by atoms with Gasteiger partial charge in [0.1, 0.15) is 11.2 Å². The van der Waals surface area contributed by atoms with E-state index in [4.69, 9.17) is 23.2 Å². The zero-order valence-corrected chi connectivity index (χ0v) is 12.2. The van der Waals surface area contributed by atoms with Crippen LogP contribution in [-0.4, -0.2) is 17.5 Å². The number of nitrogens with one attached hydrogen (secondary N) is 1. The van der Waals surface area contributed by atoms with Crippen molar-refractivity contribution in [3.63, 3.8) is 0 Å². The first-order valence-corrected chi connectivity index (χ1v) is 6.88. The van der Waals surface area contributed by atoms with Crippen LogP contribution in [0.5, 0.6) is 0 Å².